The van der Waals surface area contributed by atoms with Crippen LogP contribution in [0.5, 0.6) is 11.5 Å². The van der Waals surface area contributed by atoms with Crippen LogP contribution in [0, 0.1) is 0 Å². The molecule has 57 heavy (non-hydrogen) atoms. The first-order valence-electron chi connectivity index (χ1n) is 18.7. The number of nitrogens with zero attached hydrogens (tertiary/aromatic N) is 2. The fourth-order valence-corrected chi connectivity index (χ4v) is 7.70. The molecule has 3 aromatic carbocycles. The van der Waals surface area contributed by atoms with Crippen LogP contribution in [0.3, 0.4) is 0 Å². The van der Waals surface area contributed by atoms with Crippen molar-refractivity contribution in [3.63, 3.8) is 0 Å². The third-order valence-electron chi connectivity index (χ3n) is 10.4. The zero-order chi connectivity index (χ0) is 41.5. The highest BCUT2D eigenvalue weighted by atomic mass is 28.4. The number of carbonyl (C=O) groups is 3. The molecule has 1 aliphatic heterocycles. The Morgan fingerprint density at radius 3 is 1.89 bits per heavy atom. The largest absolute Gasteiger partial charge is 0.497 e. The molecule has 4 aromatic rings. The average molecular weight is 801 g/mol. The first kappa shape index (κ1) is 42.8. The second-order valence-electron chi connectivity index (χ2n) is 15.3. The molecule has 2 heterocycles. The van der Waals surface area contributed by atoms with Crippen LogP contribution in [0.2, 0.25) is 18.1 Å². The molecule has 1 fully saturated rings. The highest BCUT2D eigenvalue weighted by Crippen LogP contribution is 2.48. The highest BCUT2D eigenvalue weighted by Gasteiger charge is 2.55. The predicted octanol–water partition coefficient (Wildman–Crippen LogP) is 5.69. The van der Waals surface area contributed by atoms with Crippen LogP contribution in [0.25, 0.3) is 0 Å². The molecule has 0 unspecified atom stereocenters. The van der Waals surface area contributed by atoms with Crippen molar-refractivity contribution in [1.82, 2.24) is 9.55 Å². The van der Waals surface area contributed by atoms with Crippen LogP contribution in [0.4, 0.5) is 5.82 Å². The summed E-state index contributed by atoms with van der Waals surface area (Å²) < 4.78 is 39.7. The van der Waals surface area contributed by atoms with Crippen LogP contribution in [-0.4, -0.2) is 74.8 Å². The summed E-state index contributed by atoms with van der Waals surface area (Å²) in [7, 11) is 0.462. The SMILES string of the molecule is COc1ccc(C(O[C@H]2[C@@H](O[Si](C)(C)C(C)(C)C)[C@H](n3ccc(NC(C)=O)nc3=O)O[C@@H]2COC(=O)CCC(N)=O)(c2ccccc2)c2ccc(OC)cc2)cc1. The van der Waals surface area contributed by atoms with E-state index in [2.05, 4.69) is 44.2 Å². The van der Waals surface area contributed by atoms with Crippen LogP contribution >= 0.6 is 0 Å². The van der Waals surface area contributed by atoms with Gasteiger partial charge in [-0.15, -0.1) is 0 Å². The van der Waals surface area contributed by atoms with Crippen LogP contribution in [0.15, 0.2) is 95.9 Å². The number of ether oxygens (including phenoxy) is 5. The van der Waals surface area contributed by atoms with Gasteiger partial charge in [0.2, 0.25) is 11.8 Å². The lowest BCUT2D eigenvalue weighted by Gasteiger charge is -2.44. The number of primary amides is 1. The molecule has 4 atom stereocenters. The minimum Gasteiger partial charge on any atom is -0.497 e. The minimum atomic E-state index is -2.72. The molecule has 1 aliphatic rings. The maximum atomic E-state index is 13.8. The van der Waals surface area contributed by atoms with Gasteiger partial charge in [0.1, 0.15) is 47.8 Å². The zero-order valence-corrected chi connectivity index (χ0v) is 34.6. The Morgan fingerprint density at radius 1 is 0.842 bits per heavy atom. The van der Waals surface area contributed by atoms with Crippen molar-refractivity contribution in [2.75, 3.05) is 26.1 Å². The first-order chi connectivity index (χ1) is 27.0. The molecule has 1 saturated heterocycles. The summed E-state index contributed by atoms with van der Waals surface area (Å²) in [4.78, 5) is 54.2. The summed E-state index contributed by atoms with van der Waals surface area (Å²) in [6.07, 6.45) is -3.12. The number of nitrogens with two attached hydrogens (primary N) is 1. The van der Waals surface area contributed by atoms with Gasteiger partial charge in [0.05, 0.1) is 20.6 Å². The van der Waals surface area contributed by atoms with Crippen LogP contribution < -0.4 is 26.2 Å². The number of amides is 2. The van der Waals surface area contributed by atoms with Crippen molar-refractivity contribution < 1.29 is 42.5 Å². The Kier molecular flexibility index (Phi) is 13.4. The number of benzene rings is 3. The Bertz CT molecular complexity index is 2020. The molecule has 0 saturated carbocycles. The number of carbonyl (C=O) groups excluding carboxylic acids is 3. The molecule has 0 radical (unpaired) electrons. The van der Waals surface area contributed by atoms with Crippen molar-refractivity contribution in [2.45, 2.75) is 88.8 Å². The van der Waals surface area contributed by atoms with E-state index < -0.39 is 61.9 Å². The first-order valence-corrected chi connectivity index (χ1v) is 21.6. The lowest BCUT2D eigenvalue weighted by Crippen LogP contribution is -2.52. The molecule has 2 amide bonds. The summed E-state index contributed by atoms with van der Waals surface area (Å²) in [5, 5.41) is 2.24. The zero-order valence-electron chi connectivity index (χ0n) is 33.6. The fourth-order valence-electron chi connectivity index (χ4n) is 6.41. The topological polar surface area (TPSA) is 180 Å². The molecule has 5 rings (SSSR count). The van der Waals surface area contributed by atoms with Gasteiger partial charge in [0, 0.05) is 19.5 Å². The van der Waals surface area contributed by atoms with E-state index in [9.17, 15) is 19.2 Å². The fraction of sp³-hybridized carbons (Fsp3) is 0.405. The average Bonchev–Trinajstić information content (AvgIpc) is 3.49. The molecule has 0 aliphatic carbocycles. The van der Waals surface area contributed by atoms with Gasteiger partial charge in [-0.05, 0) is 65.2 Å². The lowest BCUT2D eigenvalue weighted by molar-refractivity contribution is -0.155. The number of hydrogen-bond acceptors (Lipinski definition) is 11. The number of methoxy groups -OCH3 is 2. The van der Waals surface area contributed by atoms with E-state index in [0.29, 0.717) is 11.5 Å². The molecule has 304 valence electrons. The standard InChI is InChI=1S/C42H52N4O10Si/c1-27(47)44-35-24-25-46(40(50)45-35)39-38(56-57(7,8)41(2,3)4)37(33(54-39)26-53-36(49)23-22-34(43)48)55-42(28-12-10-9-11-13-28,29-14-18-31(51-5)19-15-29)30-16-20-32(52-6)21-17-30/h9-21,24-25,33,37-39H,22-23,26H2,1-8H3,(H2,43,48)(H,44,45,47,50)/t33-,37-,38-,39-/m1/s1. The van der Waals surface area contributed by atoms with Gasteiger partial charge in [-0.25, -0.2) is 4.79 Å². The molecular formula is C42H52N4O10Si. The number of hydrogen-bond donors (Lipinski definition) is 2. The van der Waals surface area contributed by atoms with E-state index in [-0.39, 0.29) is 30.3 Å². The van der Waals surface area contributed by atoms with Gasteiger partial charge >= 0.3 is 11.7 Å². The Balaban J connectivity index is 1.76. The lowest BCUT2D eigenvalue weighted by atomic mass is 9.79. The monoisotopic (exact) mass is 800 g/mol. The summed E-state index contributed by atoms with van der Waals surface area (Å²) in [6.45, 7) is 11.4. The number of rotatable bonds is 16. The molecule has 14 nitrogen and oxygen atoms in total. The van der Waals surface area contributed by atoms with E-state index in [4.69, 9.17) is 33.8 Å². The van der Waals surface area contributed by atoms with Crippen molar-refractivity contribution >= 4 is 31.9 Å². The summed E-state index contributed by atoms with van der Waals surface area (Å²) in [6, 6.07) is 26.2. The van der Waals surface area contributed by atoms with E-state index in [1.165, 1.54) is 23.8 Å². The number of nitrogens with one attached hydrogen (secondary N) is 1. The summed E-state index contributed by atoms with van der Waals surface area (Å²) in [5.74, 6) is -0.368. The summed E-state index contributed by atoms with van der Waals surface area (Å²) >= 11 is 0. The second kappa shape index (κ2) is 17.8. The quantitative estimate of drug-likeness (QED) is 0.0808. The van der Waals surface area contributed by atoms with E-state index >= 15 is 0 Å². The van der Waals surface area contributed by atoms with Gasteiger partial charge in [0.25, 0.3) is 0 Å². The normalized spacial score (nSPS) is 18.5. The van der Waals surface area contributed by atoms with Gasteiger partial charge in [-0.3, -0.25) is 19.0 Å². The molecule has 15 heteroatoms. The Labute approximate surface area is 333 Å². The molecule has 3 N–H and O–H groups in total. The Morgan fingerprint density at radius 2 is 1.40 bits per heavy atom. The number of esters is 1. The molecule has 1 aromatic heterocycles. The van der Waals surface area contributed by atoms with Gasteiger partial charge < -0.3 is 39.2 Å². The number of anilines is 1. The van der Waals surface area contributed by atoms with Gasteiger partial charge in [0.15, 0.2) is 14.5 Å². The van der Waals surface area contributed by atoms with Gasteiger partial charge in [-0.1, -0.05) is 75.4 Å². The van der Waals surface area contributed by atoms with Crippen LogP contribution in [0.1, 0.15) is 63.5 Å². The number of aromatic nitrogens is 2. The van der Waals surface area contributed by atoms with Crippen molar-refractivity contribution in [3.05, 3.63) is 118 Å². The van der Waals surface area contributed by atoms with E-state index in [1.807, 2.05) is 78.9 Å². The maximum Gasteiger partial charge on any atom is 0.351 e. The second-order valence-corrected chi connectivity index (χ2v) is 20.1. The van der Waals surface area contributed by atoms with Crippen LogP contribution in [-0.2, 0) is 38.6 Å². The van der Waals surface area contributed by atoms with Gasteiger partial charge in [-0.2, -0.15) is 4.98 Å². The third-order valence-corrected chi connectivity index (χ3v) is 14.9. The van der Waals surface area contributed by atoms with Crippen molar-refractivity contribution in [3.8, 4) is 11.5 Å². The molecule has 0 spiro atoms. The summed E-state index contributed by atoms with van der Waals surface area (Å²) in [5.41, 5.74) is 5.44. The Hall–Kier alpha value is -5.35. The van der Waals surface area contributed by atoms with E-state index in [0.717, 1.165) is 16.7 Å². The molecule has 0 bridgehead atoms. The maximum absolute atomic E-state index is 13.8. The molecular weight excluding hydrogens is 749 g/mol. The smallest absolute Gasteiger partial charge is 0.351 e. The third kappa shape index (κ3) is 9.79. The van der Waals surface area contributed by atoms with Crippen molar-refractivity contribution in [1.29, 1.82) is 0 Å². The van der Waals surface area contributed by atoms with Crippen molar-refractivity contribution in [2.24, 2.45) is 5.73 Å². The predicted molar refractivity (Wildman–Crippen MR) is 215 cm³/mol. The van der Waals surface area contributed by atoms with E-state index in [1.54, 1.807) is 14.2 Å². The minimum absolute atomic E-state index is 0.0680. The highest BCUT2D eigenvalue weighted by molar-refractivity contribution is 6.74.